The second-order valence-electron chi connectivity index (χ2n) is 5.26. The number of pyridine rings is 1. The lowest BCUT2D eigenvalue weighted by molar-refractivity contribution is 0.554. The Balaban J connectivity index is 2.13. The number of halogens is 1. The van der Waals surface area contributed by atoms with Crippen molar-refractivity contribution in [3.8, 4) is 11.4 Å². The number of nitrogens with zero attached hydrogens (tertiary/aromatic N) is 2. The highest BCUT2D eigenvalue weighted by Crippen LogP contribution is 2.32. The van der Waals surface area contributed by atoms with Crippen molar-refractivity contribution < 1.29 is 4.39 Å². The molecule has 0 fully saturated rings. The number of benzene rings is 1. The van der Waals surface area contributed by atoms with E-state index in [1.807, 2.05) is 25.1 Å². The third-order valence-electron chi connectivity index (χ3n) is 3.97. The fraction of sp³-hybridized carbons (Fsp3) is 0.188. The maximum Gasteiger partial charge on any atom is 0.251 e. The average molecular weight is 268 g/mol. The lowest BCUT2D eigenvalue weighted by Gasteiger charge is -2.22. The summed E-state index contributed by atoms with van der Waals surface area (Å²) in [5, 5.41) is 0.616. The van der Waals surface area contributed by atoms with Crippen LogP contribution in [0.1, 0.15) is 5.56 Å². The van der Waals surface area contributed by atoms with E-state index < -0.39 is 0 Å². The van der Waals surface area contributed by atoms with Crippen molar-refractivity contribution in [1.82, 2.24) is 9.13 Å². The van der Waals surface area contributed by atoms with Gasteiger partial charge in [-0.1, -0.05) is 6.07 Å². The summed E-state index contributed by atoms with van der Waals surface area (Å²) in [4.78, 5) is 12.1. The third-order valence-corrected chi connectivity index (χ3v) is 3.97. The molecule has 100 valence electrons. The van der Waals surface area contributed by atoms with Crippen molar-refractivity contribution in [2.24, 2.45) is 0 Å². The van der Waals surface area contributed by atoms with E-state index in [1.165, 1.54) is 6.07 Å². The van der Waals surface area contributed by atoms with Crippen LogP contribution in [0.15, 0.2) is 41.2 Å². The van der Waals surface area contributed by atoms with Crippen LogP contribution < -0.4 is 5.56 Å². The van der Waals surface area contributed by atoms with E-state index in [2.05, 4.69) is 4.57 Å². The molecule has 0 spiro atoms. The number of aryl methyl sites for hydroxylation is 2. The van der Waals surface area contributed by atoms with E-state index in [0.29, 0.717) is 18.5 Å². The topological polar surface area (TPSA) is 26.9 Å². The molecule has 0 saturated heterocycles. The fourth-order valence-corrected chi connectivity index (χ4v) is 3.07. The lowest BCUT2D eigenvalue weighted by Crippen LogP contribution is -2.27. The first-order valence-corrected chi connectivity index (χ1v) is 6.65. The van der Waals surface area contributed by atoms with Gasteiger partial charge >= 0.3 is 0 Å². The Morgan fingerprint density at radius 2 is 1.80 bits per heavy atom. The zero-order chi connectivity index (χ0) is 13.9. The van der Waals surface area contributed by atoms with E-state index >= 15 is 0 Å². The van der Waals surface area contributed by atoms with E-state index in [4.69, 9.17) is 0 Å². The number of rotatable bonds is 0. The summed E-state index contributed by atoms with van der Waals surface area (Å²) in [7, 11) is 0. The van der Waals surface area contributed by atoms with Gasteiger partial charge in [-0.25, -0.2) is 4.39 Å². The van der Waals surface area contributed by atoms with Crippen LogP contribution in [0, 0.1) is 12.7 Å². The molecule has 20 heavy (non-hydrogen) atoms. The lowest BCUT2D eigenvalue weighted by atomic mass is 10.1. The van der Waals surface area contributed by atoms with Crippen molar-refractivity contribution in [2.45, 2.75) is 20.0 Å². The summed E-state index contributed by atoms with van der Waals surface area (Å²) in [5.41, 5.74) is 3.62. The smallest absolute Gasteiger partial charge is 0.251 e. The van der Waals surface area contributed by atoms with Crippen LogP contribution in [0.3, 0.4) is 0 Å². The van der Waals surface area contributed by atoms with Gasteiger partial charge in [-0.2, -0.15) is 0 Å². The molecule has 0 unspecified atom stereocenters. The predicted molar refractivity (Wildman–Crippen MR) is 76.3 cm³/mol. The van der Waals surface area contributed by atoms with Crippen molar-refractivity contribution in [3.05, 3.63) is 58.1 Å². The SMILES string of the molecule is Cc1cc2n(c(=O)c1)CCn1c-2cc2c(F)cccc21. The summed E-state index contributed by atoms with van der Waals surface area (Å²) in [6.45, 7) is 3.23. The minimum atomic E-state index is -0.217. The van der Waals surface area contributed by atoms with Gasteiger partial charge in [0.25, 0.3) is 5.56 Å². The quantitative estimate of drug-likeness (QED) is 0.616. The zero-order valence-corrected chi connectivity index (χ0v) is 11.1. The van der Waals surface area contributed by atoms with Crippen molar-refractivity contribution >= 4 is 10.9 Å². The molecule has 1 aliphatic rings. The maximum atomic E-state index is 13.9. The van der Waals surface area contributed by atoms with Gasteiger partial charge < -0.3 is 9.13 Å². The number of aromatic nitrogens is 2. The summed E-state index contributed by atoms with van der Waals surface area (Å²) in [6.07, 6.45) is 0. The Morgan fingerprint density at radius 3 is 2.65 bits per heavy atom. The van der Waals surface area contributed by atoms with Crippen LogP contribution in [-0.2, 0) is 13.1 Å². The molecule has 1 aromatic carbocycles. The van der Waals surface area contributed by atoms with Gasteiger partial charge in [-0.15, -0.1) is 0 Å². The molecule has 0 amide bonds. The molecule has 4 rings (SSSR count). The number of hydrogen-bond donors (Lipinski definition) is 0. The highest BCUT2D eigenvalue weighted by atomic mass is 19.1. The molecule has 0 aliphatic carbocycles. The highest BCUT2D eigenvalue weighted by Gasteiger charge is 2.20. The van der Waals surface area contributed by atoms with Gasteiger partial charge in [-0.05, 0) is 36.8 Å². The van der Waals surface area contributed by atoms with Crippen LogP contribution in [0.25, 0.3) is 22.3 Å². The minimum absolute atomic E-state index is 0.0111. The molecule has 3 nitrogen and oxygen atoms in total. The van der Waals surface area contributed by atoms with Crippen molar-refractivity contribution in [1.29, 1.82) is 0 Å². The van der Waals surface area contributed by atoms with E-state index in [-0.39, 0.29) is 11.4 Å². The zero-order valence-electron chi connectivity index (χ0n) is 11.1. The fourth-order valence-electron chi connectivity index (χ4n) is 3.07. The van der Waals surface area contributed by atoms with Crippen LogP contribution >= 0.6 is 0 Å². The molecule has 0 radical (unpaired) electrons. The van der Waals surface area contributed by atoms with E-state index in [9.17, 15) is 9.18 Å². The number of fused-ring (bicyclic) bond motifs is 5. The largest absolute Gasteiger partial charge is 0.337 e. The molecule has 4 heteroatoms. The summed E-state index contributed by atoms with van der Waals surface area (Å²) in [5.74, 6) is -0.217. The normalized spacial score (nSPS) is 13.3. The van der Waals surface area contributed by atoms with Crippen molar-refractivity contribution in [2.75, 3.05) is 0 Å². The molecule has 0 atom stereocenters. The average Bonchev–Trinajstić information content (AvgIpc) is 2.79. The molecular formula is C16H13FN2O. The van der Waals surface area contributed by atoms with Gasteiger partial charge in [0.1, 0.15) is 5.82 Å². The Bertz CT molecular complexity index is 905. The second kappa shape index (κ2) is 3.82. The molecule has 0 N–H and O–H groups in total. The Hall–Kier alpha value is -2.36. The van der Waals surface area contributed by atoms with E-state index in [0.717, 1.165) is 22.5 Å². The van der Waals surface area contributed by atoms with Crippen LogP contribution in [0.5, 0.6) is 0 Å². The molecule has 0 saturated carbocycles. The molecule has 1 aliphatic heterocycles. The second-order valence-corrected chi connectivity index (χ2v) is 5.26. The Labute approximate surface area is 114 Å². The molecule has 0 bridgehead atoms. The first-order valence-electron chi connectivity index (χ1n) is 6.65. The third kappa shape index (κ3) is 1.42. The highest BCUT2D eigenvalue weighted by molar-refractivity contribution is 5.87. The summed E-state index contributed by atoms with van der Waals surface area (Å²) >= 11 is 0. The minimum Gasteiger partial charge on any atom is -0.337 e. The Morgan fingerprint density at radius 1 is 1.05 bits per heavy atom. The van der Waals surface area contributed by atoms with Crippen molar-refractivity contribution in [3.63, 3.8) is 0 Å². The molecule has 2 aromatic heterocycles. The first kappa shape index (κ1) is 11.5. The number of hydrogen-bond acceptors (Lipinski definition) is 1. The summed E-state index contributed by atoms with van der Waals surface area (Å²) < 4.78 is 17.8. The van der Waals surface area contributed by atoms with Gasteiger partial charge in [0, 0.05) is 24.5 Å². The van der Waals surface area contributed by atoms with Crippen LogP contribution in [0.2, 0.25) is 0 Å². The van der Waals surface area contributed by atoms with Gasteiger partial charge in [0.15, 0.2) is 0 Å². The van der Waals surface area contributed by atoms with Gasteiger partial charge in [0.05, 0.1) is 16.9 Å². The first-order chi connectivity index (χ1) is 9.65. The maximum absolute atomic E-state index is 13.9. The molecular weight excluding hydrogens is 255 g/mol. The summed E-state index contributed by atoms with van der Waals surface area (Å²) in [6, 6.07) is 10.6. The van der Waals surface area contributed by atoms with E-state index in [1.54, 1.807) is 16.7 Å². The van der Waals surface area contributed by atoms with Gasteiger partial charge in [-0.3, -0.25) is 4.79 Å². The monoisotopic (exact) mass is 268 g/mol. The predicted octanol–water partition coefficient (Wildman–Crippen LogP) is 2.93. The van der Waals surface area contributed by atoms with Gasteiger partial charge in [0.2, 0.25) is 0 Å². The Kier molecular flexibility index (Phi) is 2.19. The van der Waals surface area contributed by atoms with Crippen LogP contribution in [0.4, 0.5) is 4.39 Å². The standard InChI is InChI=1S/C16H13FN2O/c1-10-7-14-15-9-11-12(17)3-2-4-13(11)18(15)5-6-19(14)16(20)8-10/h2-4,7-9H,5-6H2,1H3. The molecule has 3 heterocycles. The molecule has 3 aromatic rings. The van der Waals surface area contributed by atoms with Crippen LogP contribution in [-0.4, -0.2) is 9.13 Å².